The molecule has 0 aliphatic heterocycles. The van der Waals surface area contributed by atoms with Crippen LogP contribution in [0, 0.1) is 5.92 Å². The molecule has 21 heavy (non-hydrogen) atoms. The van der Waals surface area contributed by atoms with Gasteiger partial charge in [-0.05, 0) is 43.7 Å². The van der Waals surface area contributed by atoms with Crippen LogP contribution in [-0.4, -0.2) is 17.8 Å². The Balaban J connectivity index is 1.89. The Morgan fingerprint density at radius 1 is 1.10 bits per heavy atom. The van der Waals surface area contributed by atoms with Gasteiger partial charge < -0.3 is 5.32 Å². The van der Waals surface area contributed by atoms with E-state index < -0.39 is 0 Å². The molecule has 1 aromatic rings. The molecule has 1 aromatic carbocycles. The van der Waals surface area contributed by atoms with Gasteiger partial charge in [0.25, 0.3) is 0 Å². The highest BCUT2D eigenvalue weighted by Crippen LogP contribution is 2.36. The van der Waals surface area contributed by atoms with Crippen LogP contribution < -0.4 is 5.32 Å². The summed E-state index contributed by atoms with van der Waals surface area (Å²) in [6.45, 7) is 5.76. The third-order valence-electron chi connectivity index (χ3n) is 4.56. The molecular formula is C19H31NS. The molecule has 0 aromatic heterocycles. The molecule has 3 atom stereocenters. The van der Waals surface area contributed by atoms with Gasteiger partial charge in [0.15, 0.2) is 0 Å². The van der Waals surface area contributed by atoms with E-state index in [9.17, 15) is 0 Å². The molecule has 0 bridgehead atoms. The van der Waals surface area contributed by atoms with Crippen molar-refractivity contribution in [2.45, 2.75) is 69.4 Å². The van der Waals surface area contributed by atoms with Crippen LogP contribution in [0.5, 0.6) is 0 Å². The molecule has 2 rings (SSSR count). The fraction of sp³-hybridized carbons (Fsp3) is 0.684. The summed E-state index contributed by atoms with van der Waals surface area (Å²) in [6, 6.07) is 11.7. The Labute approximate surface area is 135 Å². The van der Waals surface area contributed by atoms with Gasteiger partial charge in [-0.2, -0.15) is 11.8 Å². The van der Waals surface area contributed by atoms with E-state index in [1.54, 1.807) is 0 Å². The van der Waals surface area contributed by atoms with Crippen LogP contribution in [0.25, 0.3) is 0 Å². The van der Waals surface area contributed by atoms with Crippen LogP contribution in [0.4, 0.5) is 0 Å². The molecular weight excluding hydrogens is 274 g/mol. The molecule has 0 saturated heterocycles. The third kappa shape index (κ3) is 5.67. The zero-order valence-electron chi connectivity index (χ0n) is 13.7. The summed E-state index contributed by atoms with van der Waals surface area (Å²) in [6.07, 6.45) is 8.21. The Bertz CT molecular complexity index is 378. The number of rotatable bonds is 8. The lowest BCUT2D eigenvalue weighted by Gasteiger charge is -2.36. The second kappa shape index (κ2) is 9.53. The second-order valence-corrected chi connectivity index (χ2v) is 7.59. The zero-order chi connectivity index (χ0) is 14.9. The van der Waals surface area contributed by atoms with Gasteiger partial charge in [-0.3, -0.25) is 0 Å². The summed E-state index contributed by atoms with van der Waals surface area (Å²) in [5, 5.41) is 4.59. The molecule has 0 heterocycles. The summed E-state index contributed by atoms with van der Waals surface area (Å²) in [7, 11) is 0. The van der Waals surface area contributed by atoms with Gasteiger partial charge in [-0.1, -0.05) is 57.0 Å². The van der Waals surface area contributed by atoms with E-state index in [0.717, 1.165) is 23.0 Å². The summed E-state index contributed by atoms with van der Waals surface area (Å²) >= 11 is 2.18. The largest absolute Gasteiger partial charge is 0.313 e. The van der Waals surface area contributed by atoms with Crippen LogP contribution in [0.3, 0.4) is 0 Å². The first-order valence-corrected chi connectivity index (χ1v) is 9.77. The Morgan fingerprint density at radius 3 is 2.62 bits per heavy atom. The van der Waals surface area contributed by atoms with E-state index in [-0.39, 0.29) is 0 Å². The van der Waals surface area contributed by atoms with Crippen LogP contribution in [-0.2, 0) is 5.75 Å². The smallest absolute Gasteiger partial charge is 0.0207 e. The summed E-state index contributed by atoms with van der Waals surface area (Å²) in [5.41, 5.74) is 1.47. The fourth-order valence-electron chi connectivity index (χ4n) is 3.41. The Hall–Kier alpha value is -0.470. The van der Waals surface area contributed by atoms with E-state index in [1.165, 1.54) is 50.6 Å². The molecule has 0 spiro atoms. The Morgan fingerprint density at radius 2 is 1.90 bits per heavy atom. The van der Waals surface area contributed by atoms with Crippen molar-refractivity contribution >= 4 is 11.8 Å². The lowest BCUT2D eigenvalue weighted by atomic mass is 9.83. The van der Waals surface area contributed by atoms with Crippen LogP contribution in [0.1, 0.15) is 57.9 Å². The van der Waals surface area contributed by atoms with Crippen LogP contribution >= 0.6 is 11.8 Å². The minimum Gasteiger partial charge on any atom is -0.313 e. The summed E-state index contributed by atoms with van der Waals surface area (Å²) < 4.78 is 0. The van der Waals surface area contributed by atoms with Gasteiger partial charge in [-0.25, -0.2) is 0 Å². The van der Waals surface area contributed by atoms with E-state index in [0.29, 0.717) is 0 Å². The molecule has 2 heteroatoms. The summed E-state index contributed by atoms with van der Waals surface area (Å²) in [4.78, 5) is 0. The van der Waals surface area contributed by atoms with Gasteiger partial charge in [0.1, 0.15) is 0 Å². The van der Waals surface area contributed by atoms with Crippen molar-refractivity contribution in [1.29, 1.82) is 0 Å². The molecule has 1 saturated carbocycles. The van der Waals surface area contributed by atoms with Crippen molar-refractivity contribution < 1.29 is 0 Å². The van der Waals surface area contributed by atoms with Crippen molar-refractivity contribution in [3.05, 3.63) is 35.9 Å². The van der Waals surface area contributed by atoms with E-state index in [1.807, 2.05) is 0 Å². The first-order chi connectivity index (χ1) is 10.3. The first kappa shape index (κ1) is 16.9. The summed E-state index contributed by atoms with van der Waals surface area (Å²) in [5.74, 6) is 2.12. The SMILES string of the molecule is CCCNC1CCC(CCC)CC1SCc1ccccc1. The Kier molecular flexibility index (Phi) is 7.66. The van der Waals surface area contributed by atoms with Crippen LogP contribution in [0.2, 0.25) is 0 Å². The van der Waals surface area contributed by atoms with Crippen molar-refractivity contribution in [1.82, 2.24) is 5.32 Å². The molecule has 0 amide bonds. The predicted octanol–water partition coefficient (Wildman–Crippen LogP) is 5.26. The number of hydrogen-bond acceptors (Lipinski definition) is 2. The van der Waals surface area contributed by atoms with Gasteiger partial charge in [-0.15, -0.1) is 0 Å². The van der Waals surface area contributed by atoms with E-state index in [2.05, 4.69) is 61.3 Å². The molecule has 1 fully saturated rings. The van der Waals surface area contributed by atoms with Crippen LogP contribution in [0.15, 0.2) is 30.3 Å². The molecule has 118 valence electrons. The molecule has 3 unspecified atom stereocenters. The minimum absolute atomic E-state index is 0.728. The zero-order valence-corrected chi connectivity index (χ0v) is 14.5. The lowest BCUT2D eigenvalue weighted by molar-refractivity contribution is 0.287. The molecule has 1 nitrogen and oxygen atoms in total. The number of benzene rings is 1. The van der Waals surface area contributed by atoms with Gasteiger partial charge in [0.2, 0.25) is 0 Å². The van der Waals surface area contributed by atoms with Crippen molar-refractivity contribution in [2.24, 2.45) is 5.92 Å². The highest BCUT2D eigenvalue weighted by molar-refractivity contribution is 7.99. The minimum atomic E-state index is 0.728. The lowest BCUT2D eigenvalue weighted by Crippen LogP contribution is -2.43. The quantitative estimate of drug-likeness (QED) is 0.703. The van der Waals surface area contributed by atoms with Crippen molar-refractivity contribution in [2.75, 3.05) is 6.54 Å². The van der Waals surface area contributed by atoms with Gasteiger partial charge >= 0.3 is 0 Å². The van der Waals surface area contributed by atoms with E-state index in [4.69, 9.17) is 0 Å². The monoisotopic (exact) mass is 305 g/mol. The standard InChI is InChI=1S/C19H31NS/c1-3-8-16-11-12-18(20-13-4-2)19(14-16)21-15-17-9-6-5-7-10-17/h5-7,9-10,16,18-20H,3-4,8,11-15H2,1-2H3. The van der Waals surface area contributed by atoms with Gasteiger partial charge in [0, 0.05) is 17.0 Å². The highest BCUT2D eigenvalue weighted by atomic mass is 32.2. The normalized spacial score (nSPS) is 25.9. The van der Waals surface area contributed by atoms with Crippen molar-refractivity contribution in [3.63, 3.8) is 0 Å². The fourth-order valence-corrected chi connectivity index (χ4v) is 4.88. The number of hydrogen-bond donors (Lipinski definition) is 1. The maximum Gasteiger partial charge on any atom is 0.0207 e. The molecule has 1 N–H and O–H groups in total. The first-order valence-electron chi connectivity index (χ1n) is 8.72. The average molecular weight is 306 g/mol. The maximum absolute atomic E-state index is 3.80. The topological polar surface area (TPSA) is 12.0 Å². The highest BCUT2D eigenvalue weighted by Gasteiger charge is 2.29. The molecule has 1 aliphatic rings. The van der Waals surface area contributed by atoms with Gasteiger partial charge in [0.05, 0.1) is 0 Å². The number of thioether (sulfide) groups is 1. The maximum atomic E-state index is 3.80. The number of nitrogens with one attached hydrogen (secondary N) is 1. The molecule has 0 radical (unpaired) electrons. The average Bonchev–Trinajstić information content (AvgIpc) is 2.53. The molecule has 1 aliphatic carbocycles. The predicted molar refractivity (Wildman–Crippen MR) is 95.9 cm³/mol. The third-order valence-corrected chi connectivity index (χ3v) is 6.01. The van der Waals surface area contributed by atoms with Crippen molar-refractivity contribution in [3.8, 4) is 0 Å². The second-order valence-electron chi connectivity index (χ2n) is 6.36. The van der Waals surface area contributed by atoms with E-state index >= 15 is 0 Å².